The molecule has 16 heteroatoms. The van der Waals surface area contributed by atoms with Crippen molar-refractivity contribution in [3.63, 3.8) is 0 Å². The fraction of sp³-hybridized carbons (Fsp3) is 0.537. The van der Waals surface area contributed by atoms with E-state index in [0.29, 0.717) is 18.4 Å². The van der Waals surface area contributed by atoms with Gasteiger partial charge < -0.3 is 35.8 Å². The number of ketones is 1. The van der Waals surface area contributed by atoms with Gasteiger partial charge in [-0.3, -0.25) is 28.8 Å². The number of hydrogen-bond donors (Lipinski definition) is 4. The number of halogens is 2. The molecule has 6 amide bonds. The van der Waals surface area contributed by atoms with Gasteiger partial charge in [0.2, 0.25) is 29.4 Å². The topological polar surface area (TPSA) is 183 Å². The SMILES string of the molecule is CN(C)C(=O)[C@@H](NC(=O)CNC(=O)C(=O)C(CC1CC1)NC(=O)[C@@H]1[C@@H]2C(CN1C(=O)[C@@H](NC(=O)OC(C)(C)C)C1Cc3ccccc3C1)C2(Cl)Cl)c1ccccc1. The Labute approximate surface area is 342 Å². The molecule has 0 bridgehead atoms. The number of likely N-dealkylation sites (tertiary alicyclic amines) is 1. The molecule has 57 heavy (non-hydrogen) atoms. The van der Waals surface area contributed by atoms with Crippen molar-refractivity contribution >= 4 is 64.6 Å². The Balaban J connectivity index is 1.15. The maximum absolute atomic E-state index is 14.6. The molecule has 1 heterocycles. The van der Waals surface area contributed by atoms with Crippen molar-refractivity contribution < 1.29 is 38.3 Å². The number of fused-ring (bicyclic) bond motifs is 2. The Morgan fingerprint density at radius 1 is 0.895 bits per heavy atom. The number of carbonyl (C=O) groups excluding carboxylic acids is 7. The second kappa shape index (κ2) is 16.7. The first kappa shape index (κ1) is 41.9. The Morgan fingerprint density at radius 3 is 2.09 bits per heavy atom. The van der Waals surface area contributed by atoms with Gasteiger partial charge in [0.1, 0.15) is 28.1 Å². The third kappa shape index (κ3) is 9.72. The second-order valence-corrected chi connectivity index (χ2v) is 18.2. The van der Waals surface area contributed by atoms with E-state index in [1.165, 1.54) is 9.80 Å². The number of ether oxygens (including phenoxy) is 1. The minimum absolute atomic E-state index is 0.0396. The van der Waals surface area contributed by atoms with Crippen LogP contribution in [0.25, 0.3) is 0 Å². The van der Waals surface area contributed by atoms with Crippen molar-refractivity contribution in [2.24, 2.45) is 23.7 Å². The molecular weight excluding hydrogens is 775 g/mol. The van der Waals surface area contributed by atoms with Crippen LogP contribution in [0.4, 0.5) is 4.79 Å². The number of nitrogens with one attached hydrogen (secondary N) is 4. The van der Waals surface area contributed by atoms with Crippen LogP contribution >= 0.6 is 23.2 Å². The average molecular weight is 826 g/mol. The number of likely N-dealkylation sites (N-methyl/N-ethyl adjacent to an activating group) is 1. The summed E-state index contributed by atoms with van der Waals surface area (Å²) in [6, 6.07) is 11.8. The maximum atomic E-state index is 14.6. The van der Waals surface area contributed by atoms with Crippen LogP contribution in [0.2, 0.25) is 0 Å². The number of benzene rings is 2. The summed E-state index contributed by atoms with van der Waals surface area (Å²) in [5.41, 5.74) is 1.82. The predicted octanol–water partition coefficient (Wildman–Crippen LogP) is 2.84. The zero-order valence-electron chi connectivity index (χ0n) is 32.7. The summed E-state index contributed by atoms with van der Waals surface area (Å²) in [7, 11) is 3.11. The molecule has 0 aromatic heterocycles. The van der Waals surface area contributed by atoms with Crippen LogP contribution in [-0.4, -0.2) is 106 Å². The lowest BCUT2D eigenvalue weighted by molar-refractivity contribution is -0.144. The first-order chi connectivity index (χ1) is 26.9. The van der Waals surface area contributed by atoms with Crippen LogP contribution in [0.5, 0.6) is 0 Å². The fourth-order valence-corrected chi connectivity index (χ4v) is 8.77. The lowest BCUT2D eigenvalue weighted by Crippen LogP contribution is -2.60. The second-order valence-electron chi connectivity index (χ2n) is 16.7. The van der Waals surface area contributed by atoms with E-state index in [0.717, 1.165) is 24.0 Å². The molecule has 306 valence electrons. The number of rotatable bonds is 14. The Morgan fingerprint density at radius 2 is 1.51 bits per heavy atom. The van der Waals surface area contributed by atoms with E-state index in [9.17, 15) is 33.6 Å². The molecule has 4 N–H and O–H groups in total. The van der Waals surface area contributed by atoms with E-state index < -0.39 is 88.0 Å². The van der Waals surface area contributed by atoms with E-state index >= 15 is 0 Å². The molecule has 3 aliphatic carbocycles. The van der Waals surface area contributed by atoms with Crippen molar-refractivity contribution in [3.8, 4) is 0 Å². The van der Waals surface area contributed by atoms with Crippen molar-refractivity contribution in [2.45, 2.75) is 87.0 Å². The van der Waals surface area contributed by atoms with Gasteiger partial charge in [-0.25, -0.2) is 4.79 Å². The quantitative estimate of drug-likeness (QED) is 0.166. The lowest BCUT2D eigenvalue weighted by Gasteiger charge is -2.35. The Hall–Kier alpha value is -4.69. The first-order valence-electron chi connectivity index (χ1n) is 19.3. The monoisotopic (exact) mass is 824 g/mol. The molecule has 0 spiro atoms. The summed E-state index contributed by atoms with van der Waals surface area (Å²) in [4.78, 5) is 97.4. The number of alkyl carbamates (subject to hydrolysis) is 1. The number of carbonyl (C=O) groups is 7. The van der Waals surface area contributed by atoms with Crippen molar-refractivity contribution in [1.82, 2.24) is 31.1 Å². The highest BCUT2D eigenvalue weighted by Gasteiger charge is 2.74. The van der Waals surface area contributed by atoms with Gasteiger partial charge in [0.25, 0.3) is 5.91 Å². The van der Waals surface area contributed by atoms with Gasteiger partial charge in [-0.2, -0.15) is 0 Å². The molecule has 1 saturated heterocycles. The van der Waals surface area contributed by atoms with E-state index in [1.54, 1.807) is 65.2 Å². The van der Waals surface area contributed by atoms with Crippen LogP contribution < -0.4 is 21.3 Å². The highest BCUT2D eigenvalue weighted by Crippen LogP contribution is 2.65. The first-order valence-corrected chi connectivity index (χ1v) is 20.0. The Kier molecular flexibility index (Phi) is 12.3. The maximum Gasteiger partial charge on any atom is 0.408 e. The molecule has 0 radical (unpaired) electrons. The third-order valence-electron chi connectivity index (χ3n) is 11.0. The summed E-state index contributed by atoms with van der Waals surface area (Å²) < 4.78 is 4.23. The smallest absolute Gasteiger partial charge is 0.408 e. The minimum Gasteiger partial charge on any atom is -0.444 e. The summed E-state index contributed by atoms with van der Waals surface area (Å²) in [6.45, 7) is 4.58. The summed E-state index contributed by atoms with van der Waals surface area (Å²) in [5, 5.41) is 10.5. The fourth-order valence-electron chi connectivity index (χ4n) is 7.94. The van der Waals surface area contributed by atoms with Crippen LogP contribution in [0.1, 0.15) is 62.8 Å². The van der Waals surface area contributed by atoms with E-state index in [-0.39, 0.29) is 30.7 Å². The molecule has 2 aromatic carbocycles. The molecule has 2 aromatic rings. The zero-order valence-corrected chi connectivity index (χ0v) is 34.2. The van der Waals surface area contributed by atoms with Crippen LogP contribution in [0.15, 0.2) is 54.6 Å². The zero-order chi connectivity index (χ0) is 41.4. The molecule has 2 saturated carbocycles. The van der Waals surface area contributed by atoms with Crippen LogP contribution in [0, 0.1) is 23.7 Å². The van der Waals surface area contributed by atoms with Crippen molar-refractivity contribution in [1.29, 1.82) is 0 Å². The van der Waals surface area contributed by atoms with Gasteiger partial charge in [0, 0.05) is 32.5 Å². The van der Waals surface area contributed by atoms with E-state index in [1.807, 2.05) is 24.3 Å². The number of nitrogens with zero attached hydrogens (tertiary/aromatic N) is 2. The van der Waals surface area contributed by atoms with E-state index in [4.69, 9.17) is 27.9 Å². The molecule has 14 nitrogen and oxygen atoms in total. The normalized spacial score (nSPS) is 22.2. The minimum atomic E-state index is -1.30. The summed E-state index contributed by atoms with van der Waals surface area (Å²) >= 11 is 13.3. The lowest BCUT2D eigenvalue weighted by atomic mass is 9.94. The molecule has 6 atom stereocenters. The number of alkyl halides is 2. The van der Waals surface area contributed by atoms with Gasteiger partial charge in [-0.05, 0) is 68.6 Å². The van der Waals surface area contributed by atoms with E-state index in [2.05, 4.69) is 21.3 Å². The van der Waals surface area contributed by atoms with Gasteiger partial charge in [0.05, 0.1) is 12.6 Å². The number of amides is 6. The highest BCUT2D eigenvalue weighted by atomic mass is 35.5. The third-order valence-corrected chi connectivity index (χ3v) is 12.1. The standard InChI is InChI=1S/C41H50Cl2N6O8/c1-40(2,3)57-39(56)47-32(26-18-24-13-9-10-14-25(24)19-26)38(55)49-21-27-30(41(27,42)43)33(49)35(52)45-28(17-22-15-16-22)34(51)36(53)44-20-29(50)46-31(37(54)48(4)5)23-11-7-6-8-12-23/h6-14,22,26-28,30-33H,15-21H2,1-5H3,(H,44,53)(H,45,52)(H,46,50)(H,47,56)/t27?,28?,30-,31-,32-,33-/m0/s1. The van der Waals surface area contributed by atoms with Gasteiger partial charge >= 0.3 is 6.09 Å². The largest absolute Gasteiger partial charge is 0.444 e. The molecular formula is C41H50Cl2N6O8. The number of hydrogen-bond acceptors (Lipinski definition) is 8. The highest BCUT2D eigenvalue weighted by molar-refractivity contribution is 6.51. The number of piperidine rings is 1. The average Bonchev–Trinajstić information content (AvgIpc) is 3.91. The molecule has 3 fully saturated rings. The molecule has 6 rings (SSSR count). The molecule has 1 aliphatic heterocycles. The number of Topliss-reactive ketones (excluding diaryl/α,β-unsaturated/α-hetero) is 1. The summed E-state index contributed by atoms with van der Waals surface area (Å²) in [5.74, 6) is -5.73. The predicted molar refractivity (Wildman–Crippen MR) is 211 cm³/mol. The van der Waals surface area contributed by atoms with Gasteiger partial charge in [0.15, 0.2) is 0 Å². The van der Waals surface area contributed by atoms with Gasteiger partial charge in [-0.15, -0.1) is 23.2 Å². The molecule has 4 aliphatic rings. The van der Waals surface area contributed by atoms with Crippen molar-refractivity contribution in [2.75, 3.05) is 27.2 Å². The van der Waals surface area contributed by atoms with Gasteiger partial charge in [-0.1, -0.05) is 67.4 Å². The van der Waals surface area contributed by atoms with Crippen molar-refractivity contribution in [3.05, 3.63) is 71.3 Å². The van der Waals surface area contributed by atoms with Crippen LogP contribution in [-0.2, 0) is 46.3 Å². The van der Waals surface area contributed by atoms with Crippen LogP contribution in [0.3, 0.4) is 0 Å². The Bertz CT molecular complexity index is 1890. The summed E-state index contributed by atoms with van der Waals surface area (Å²) in [6.07, 6.45) is 2.02. The molecule has 2 unspecified atom stereocenters.